The van der Waals surface area contributed by atoms with Crippen LogP contribution in [0.25, 0.3) is 10.9 Å². The molecule has 0 bridgehead atoms. The van der Waals surface area contributed by atoms with Crippen LogP contribution < -0.4 is 0 Å². The summed E-state index contributed by atoms with van der Waals surface area (Å²) in [5.41, 5.74) is 2.31. The highest BCUT2D eigenvalue weighted by Crippen LogP contribution is 2.49. The number of aromatic nitrogens is 1. The minimum Gasteiger partial charge on any atom is -0.481 e. The van der Waals surface area contributed by atoms with E-state index in [2.05, 4.69) is 55.2 Å². The largest absolute Gasteiger partial charge is 0.481 e. The Balaban J connectivity index is 1.91. The van der Waals surface area contributed by atoms with Gasteiger partial charge < -0.3 is 9.67 Å². The zero-order valence-corrected chi connectivity index (χ0v) is 18.8. The van der Waals surface area contributed by atoms with Crippen LogP contribution in [0, 0.1) is 3.57 Å². The van der Waals surface area contributed by atoms with Crippen LogP contribution in [0.3, 0.4) is 0 Å². The van der Waals surface area contributed by atoms with Gasteiger partial charge in [0.2, 0.25) is 0 Å². The zero-order chi connectivity index (χ0) is 18.4. The number of aliphatic carboxylic acids is 1. The van der Waals surface area contributed by atoms with E-state index in [9.17, 15) is 9.90 Å². The standard InChI is InChI=1S/C19H14BrClINO2S/c20-14-8-12(22)9-15-17(14)19(26-13-3-1-11(21)2-4-13)18-10(7-16(24)25)5-6-23(15)18/h1-4,8-10H,5-7H2,(H,24,25). The van der Waals surface area contributed by atoms with Crippen LogP contribution in [0.4, 0.5) is 0 Å². The molecule has 0 fully saturated rings. The van der Waals surface area contributed by atoms with Gasteiger partial charge in [-0.1, -0.05) is 39.3 Å². The van der Waals surface area contributed by atoms with Crippen LogP contribution in [-0.4, -0.2) is 15.6 Å². The SMILES string of the molecule is O=C(O)CC1CCn2c1c(Sc1ccc(Cl)cc1)c1c(Br)cc(I)cc12. The molecule has 1 N–H and O–H groups in total. The second-order valence-corrected chi connectivity index (χ2v) is 9.91. The van der Waals surface area contributed by atoms with Crippen molar-refractivity contribution < 1.29 is 9.90 Å². The molecule has 2 heterocycles. The molecule has 1 aliphatic rings. The van der Waals surface area contributed by atoms with E-state index in [4.69, 9.17) is 11.6 Å². The van der Waals surface area contributed by atoms with E-state index >= 15 is 0 Å². The Labute approximate surface area is 182 Å². The molecule has 0 spiro atoms. The molecule has 3 nitrogen and oxygen atoms in total. The zero-order valence-electron chi connectivity index (χ0n) is 13.5. The van der Waals surface area contributed by atoms with Gasteiger partial charge in [0.15, 0.2) is 0 Å². The van der Waals surface area contributed by atoms with E-state index in [1.54, 1.807) is 11.8 Å². The smallest absolute Gasteiger partial charge is 0.304 e. The fourth-order valence-electron chi connectivity index (χ4n) is 3.58. The van der Waals surface area contributed by atoms with E-state index in [0.29, 0.717) is 5.02 Å². The average Bonchev–Trinajstić information content (AvgIpc) is 3.09. The van der Waals surface area contributed by atoms with Crippen molar-refractivity contribution in [3.8, 4) is 0 Å². The Bertz CT molecular complexity index is 1020. The van der Waals surface area contributed by atoms with Gasteiger partial charge in [-0.15, -0.1) is 0 Å². The van der Waals surface area contributed by atoms with Crippen LogP contribution in [0.2, 0.25) is 5.02 Å². The summed E-state index contributed by atoms with van der Waals surface area (Å²) in [6.45, 7) is 0.859. The lowest BCUT2D eigenvalue weighted by Crippen LogP contribution is -2.04. The molecule has 2 aromatic carbocycles. The van der Waals surface area contributed by atoms with Gasteiger partial charge in [-0.2, -0.15) is 0 Å². The Morgan fingerprint density at radius 3 is 2.77 bits per heavy atom. The van der Waals surface area contributed by atoms with Gasteiger partial charge in [-0.05, 0) is 65.4 Å². The summed E-state index contributed by atoms with van der Waals surface area (Å²) in [5.74, 6) is -0.705. The fourth-order valence-corrected chi connectivity index (χ4v) is 6.73. The van der Waals surface area contributed by atoms with Crippen LogP contribution in [0.15, 0.2) is 50.7 Å². The van der Waals surface area contributed by atoms with Crippen LogP contribution in [-0.2, 0) is 11.3 Å². The maximum absolute atomic E-state index is 11.4. The minimum atomic E-state index is -0.746. The number of benzene rings is 2. The fraction of sp³-hybridized carbons (Fsp3) is 0.211. The Morgan fingerprint density at radius 1 is 1.35 bits per heavy atom. The van der Waals surface area contributed by atoms with Gasteiger partial charge >= 0.3 is 5.97 Å². The third-order valence-electron chi connectivity index (χ3n) is 4.62. The van der Waals surface area contributed by atoms with Crippen LogP contribution in [0.1, 0.15) is 24.5 Å². The molecule has 1 aromatic heterocycles. The number of hydrogen-bond donors (Lipinski definition) is 1. The van der Waals surface area contributed by atoms with E-state index in [1.165, 1.54) is 5.52 Å². The molecule has 1 unspecified atom stereocenters. The predicted molar refractivity (Wildman–Crippen MR) is 118 cm³/mol. The van der Waals surface area contributed by atoms with Crippen molar-refractivity contribution in [3.63, 3.8) is 0 Å². The van der Waals surface area contributed by atoms with Gasteiger partial charge in [-0.3, -0.25) is 4.79 Å². The summed E-state index contributed by atoms with van der Waals surface area (Å²) in [5, 5.41) is 11.2. The Morgan fingerprint density at radius 2 is 2.08 bits per heavy atom. The van der Waals surface area contributed by atoms with Gasteiger partial charge in [-0.25, -0.2) is 0 Å². The minimum absolute atomic E-state index is 0.0410. The van der Waals surface area contributed by atoms with Crippen molar-refractivity contribution in [2.45, 2.75) is 35.1 Å². The van der Waals surface area contributed by atoms with Crippen molar-refractivity contribution in [2.24, 2.45) is 0 Å². The maximum Gasteiger partial charge on any atom is 0.304 e. The third kappa shape index (κ3) is 3.41. The summed E-state index contributed by atoms with van der Waals surface area (Å²) in [6, 6.07) is 12.1. The number of carboxylic acid groups (broad SMARTS) is 1. The molecule has 3 aromatic rings. The number of fused-ring (bicyclic) bond motifs is 3. The summed E-state index contributed by atoms with van der Waals surface area (Å²) < 4.78 is 4.51. The van der Waals surface area contributed by atoms with Gasteiger partial charge in [0.1, 0.15) is 0 Å². The molecule has 1 atom stereocenters. The monoisotopic (exact) mass is 561 g/mol. The van der Waals surface area contributed by atoms with Crippen LogP contribution >= 0.6 is 61.9 Å². The van der Waals surface area contributed by atoms with Crippen molar-refractivity contribution in [1.82, 2.24) is 4.57 Å². The molecule has 0 amide bonds. The molecular formula is C19H14BrClINO2S. The maximum atomic E-state index is 11.4. The molecule has 0 saturated carbocycles. The number of hydrogen-bond acceptors (Lipinski definition) is 2. The number of rotatable bonds is 4. The third-order valence-corrected chi connectivity index (χ3v) is 7.24. The first kappa shape index (κ1) is 18.7. The number of aryl methyl sites for hydroxylation is 1. The Hall–Kier alpha value is -0.700. The summed E-state index contributed by atoms with van der Waals surface area (Å²) in [6.07, 6.45) is 1.04. The number of halogens is 3. The van der Waals surface area contributed by atoms with Crippen molar-refractivity contribution in [1.29, 1.82) is 0 Å². The lowest BCUT2D eigenvalue weighted by Gasteiger charge is -2.11. The number of nitrogens with zero attached hydrogens (tertiary/aromatic N) is 1. The second kappa shape index (κ2) is 7.37. The molecule has 26 heavy (non-hydrogen) atoms. The average molecular weight is 563 g/mol. The van der Waals surface area contributed by atoms with Crippen molar-refractivity contribution in [2.75, 3.05) is 0 Å². The van der Waals surface area contributed by atoms with E-state index < -0.39 is 5.97 Å². The topological polar surface area (TPSA) is 42.2 Å². The lowest BCUT2D eigenvalue weighted by molar-refractivity contribution is -0.137. The predicted octanol–water partition coefficient (Wildman–Crippen LogP) is 6.78. The van der Waals surface area contributed by atoms with E-state index in [-0.39, 0.29) is 12.3 Å². The van der Waals surface area contributed by atoms with E-state index in [1.807, 2.05) is 24.3 Å². The van der Waals surface area contributed by atoms with E-state index in [0.717, 1.165) is 41.9 Å². The molecular weight excluding hydrogens is 549 g/mol. The molecule has 0 aliphatic carbocycles. The molecule has 4 rings (SSSR count). The quantitative estimate of drug-likeness (QED) is 0.357. The first-order valence-corrected chi connectivity index (χ1v) is 11.2. The molecule has 0 saturated heterocycles. The highest BCUT2D eigenvalue weighted by molar-refractivity contribution is 14.1. The first-order chi connectivity index (χ1) is 12.4. The van der Waals surface area contributed by atoms with Gasteiger partial charge in [0.05, 0.1) is 11.9 Å². The van der Waals surface area contributed by atoms with Crippen LogP contribution in [0.5, 0.6) is 0 Å². The number of carbonyl (C=O) groups is 1. The summed E-state index contributed by atoms with van der Waals surface area (Å²) >= 11 is 13.7. The molecule has 134 valence electrons. The van der Waals surface area contributed by atoms with Crippen molar-refractivity contribution in [3.05, 3.63) is 55.2 Å². The summed E-state index contributed by atoms with van der Waals surface area (Å²) in [7, 11) is 0. The number of carboxylic acids is 1. The normalized spacial score (nSPS) is 16.2. The molecule has 1 aliphatic heterocycles. The molecule has 0 radical (unpaired) electrons. The highest BCUT2D eigenvalue weighted by atomic mass is 127. The summed E-state index contributed by atoms with van der Waals surface area (Å²) in [4.78, 5) is 13.6. The molecule has 7 heteroatoms. The van der Waals surface area contributed by atoms with Gasteiger partial charge in [0, 0.05) is 46.4 Å². The highest BCUT2D eigenvalue weighted by Gasteiger charge is 2.32. The second-order valence-electron chi connectivity index (χ2n) is 6.29. The lowest BCUT2D eigenvalue weighted by atomic mass is 10.0. The Kier molecular flexibility index (Phi) is 5.29. The first-order valence-electron chi connectivity index (χ1n) is 8.10. The van der Waals surface area contributed by atoms with Crippen molar-refractivity contribution >= 4 is 78.8 Å². The van der Waals surface area contributed by atoms with Gasteiger partial charge in [0.25, 0.3) is 0 Å².